The third kappa shape index (κ3) is 6.39. The molecule has 1 aromatic heterocycles. The standard InChI is InChI=1S/C29H30F6N2O5/c1-12(2)41-25(38)20-14(4)23(36-16(20)6)22(18-10-9-13(3)11-19(18)40-8)24-15(5)21(17(7)37-24)26(39)42-27(28(30,31)32)29(33,34)35/h9-12,27,36H,1-8H3/b24-22-. The number of carbonyl (C=O) groups excluding carboxylic acids is 2. The molecule has 1 aromatic carbocycles. The molecule has 1 N–H and O–H groups in total. The number of hydrogen-bond donors (Lipinski definition) is 1. The van der Waals surface area contributed by atoms with Gasteiger partial charge in [-0.2, -0.15) is 26.3 Å². The van der Waals surface area contributed by atoms with Crippen molar-refractivity contribution >= 4 is 23.2 Å². The van der Waals surface area contributed by atoms with E-state index in [2.05, 4.69) is 14.7 Å². The van der Waals surface area contributed by atoms with Crippen molar-refractivity contribution in [2.45, 2.75) is 73.0 Å². The van der Waals surface area contributed by atoms with Gasteiger partial charge in [-0.3, -0.25) is 4.99 Å². The number of hydrogen-bond acceptors (Lipinski definition) is 6. The number of H-pyrrole nitrogens is 1. The fourth-order valence-electron chi connectivity index (χ4n) is 4.69. The predicted molar refractivity (Wildman–Crippen MR) is 142 cm³/mol. The summed E-state index contributed by atoms with van der Waals surface area (Å²) in [5.41, 5.74) is 2.35. The molecule has 0 atom stereocenters. The lowest BCUT2D eigenvalue weighted by molar-refractivity contribution is -0.312. The van der Waals surface area contributed by atoms with E-state index in [1.165, 1.54) is 21.0 Å². The average Bonchev–Trinajstić information content (AvgIpc) is 3.30. The first-order valence-electron chi connectivity index (χ1n) is 12.7. The minimum Gasteiger partial charge on any atom is -0.496 e. The van der Waals surface area contributed by atoms with Gasteiger partial charge in [0.1, 0.15) is 5.75 Å². The van der Waals surface area contributed by atoms with Gasteiger partial charge in [0.15, 0.2) is 0 Å². The molecule has 13 heteroatoms. The van der Waals surface area contributed by atoms with Crippen LogP contribution in [0, 0.1) is 20.8 Å². The number of halogens is 6. The van der Waals surface area contributed by atoms with E-state index in [0.717, 1.165) is 5.56 Å². The zero-order valence-electron chi connectivity index (χ0n) is 24.1. The molecule has 42 heavy (non-hydrogen) atoms. The summed E-state index contributed by atoms with van der Waals surface area (Å²) in [6.45, 7) is 11.1. The fraction of sp³-hybridized carbons (Fsp3) is 0.414. The molecule has 7 nitrogen and oxygen atoms in total. The second-order valence-electron chi connectivity index (χ2n) is 10.1. The second kappa shape index (κ2) is 11.7. The van der Waals surface area contributed by atoms with Gasteiger partial charge in [-0.25, -0.2) is 9.59 Å². The smallest absolute Gasteiger partial charge is 0.434 e. The summed E-state index contributed by atoms with van der Waals surface area (Å²) in [6, 6.07) is 5.16. The summed E-state index contributed by atoms with van der Waals surface area (Å²) < 4.78 is 93.8. The van der Waals surface area contributed by atoms with Crippen LogP contribution in [0.1, 0.15) is 66.1 Å². The topological polar surface area (TPSA) is 90.0 Å². The molecule has 0 aliphatic carbocycles. The van der Waals surface area contributed by atoms with Crippen LogP contribution < -0.4 is 4.74 Å². The quantitative estimate of drug-likeness (QED) is 0.271. The molecule has 2 heterocycles. The van der Waals surface area contributed by atoms with Gasteiger partial charge >= 0.3 is 24.3 Å². The first kappa shape index (κ1) is 32.5. The lowest BCUT2D eigenvalue weighted by atomic mass is 9.92. The Morgan fingerprint density at radius 3 is 2.02 bits per heavy atom. The van der Waals surface area contributed by atoms with Crippen LogP contribution in [-0.4, -0.2) is 54.3 Å². The van der Waals surface area contributed by atoms with Gasteiger partial charge in [-0.05, 0) is 71.2 Å². The number of esters is 2. The van der Waals surface area contributed by atoms with Crippen molar-refractivity contribution in [3.05, 3.63) is 68.7 Å². The molecule has 0 radical (unpaired) electrons. The molecular formula is C29H30F6N2O5. The molecule has 2 aromatic rings. The lowest BCUT2D eigenvalue weighted by Gasteiger charge is -2.23. The number of nitrogens with zero attached hydrogens (tertiary/aromatic N) is 1. The van der Waals surface area contributed by atoms with E-state index in [9.17, 15) is 35.9 Å². The average molecular weight is 601 g/mol. The van der Waals surface area contributed by atoms with E-state index in [4.69, 9.17) is 9.47 Å². The van der Waals surface area contributed by atoms with E-state index in [1.54, 1.807) is 45.9 Å². The van der Waals surface area contributed by atoms with Crippen molar-refractivity contribution in [2.75, 3.05) is 7.11 Å². The van der Waals surface area contributed by atoms with Crippen LogP contribution in [0.15, 0.2) is 40.0 Å². The third-order valence-corrected chi connectivity index (χ3v) is 6.49. The zero-order valence-corrected chi connectivity index (χ0v) is 24.1. The van der Waals surface area contributed by atoms with Gasteiger partial charge in [-0.15, -0.1) is 0 Å². The van der Waals surface area contributed by atoms with Crippen molar-refractivity contribution in [1.29, 1.82) is 0 Å². The van der Waals surface area contributed by atoms with E-state index < -0.39 is 42.1 Å². The maximum atomic E-state index is 13.1. The van der Waals surface area contributed by atoms with Gasteiger partial charge in [0.05, 0.1) is 41.5 Å². The Bertz CT molecular complexity index is 1500. The summed E-state index contributed by atoms with van der Waals surface area (Å²) >= 11 is 0. The molecule has 0 bridgehead atoms. The number of nitrogens with one attached hydrogen (secondary N) is 1. The Morgan fingerprint density at radius 2 is 1.50 bits per heavy atom. The molecule has 3 rings (SSSR count). The number of aliphatic imine (C=N–C) groups is 1. The summed E-state index contributed by atoms with van der Waals surface area (Å²) in [5.74, 6) is -2.07. The Morgan fingerprint density at radius 1 is 0.905 bits per heavy atom. The third-order valence-electron chi connectivity index (χ3n) is 6.49. The van der Waals surface area contributed by atoms with Gasteiger partial charge in [0.2, 0.25) is 0 Å². The highest BCUT2D eigenvalue weighted by atomic mass is 19.4. The van der Waals surface area contributed by atoms with Crippen LogP contribution in [0.4, 0.5) is 26.3 Å². The summed E-state index contributed by atoms with van der Waals surface area (Å²) in [6.07, 6.45) is -16.5. The highest BCUT2D eigenvalue weighted by Gasteiger charge is 2.60. The number of aryl methyl sites for hydroxylation is 2. The SMILES string of the molecule is COc1cc(C)ccc1/C(=C1/N=C(C)C(C(=O)OC(C(F)(F)F)C(F)(F)F)=C1C)c1[nH]c(C)c(C(=O)OC(C)C)c1C. The van der Waals surface area contributed by atoms with Crippen LogP contribution in [-0.2, 0) is 14.3 Å². The highest BCUT2D eigenvalue weighted by molar-refractivity contribution is 6.23. The Balaban J connectivity index is 2.33. The molecule has 1 aliphatic heterocycles. The van der Waals surface area contributed by atoms with Crippen LogP contribution >= 0.6 is 0 Å². The van der Waals surface area contributed by atoms with Crippen molar-refractivity contribution in [2.24, 2.45) is 4.99 Å². The number of methoxy groups -OCH3 is 1. The molecule has 1 aliphatic rings. The Labute approximate surface area is 238 Å². The normalized spacial score (nSPS) is 15.4. The van der Waals surface area contributed by atoms with Crippen molar-refractivity contribution < 1.29 is 50.1 Å². The molecule has 0 amide bonds. The number of ether oxygens (including phenoxy) is 3. The Hall–Kier alpha value is -4.03. The summed E-state index contributed by atoms with van der Waals surface area (Å²) in [7, 11) is 1.42. The molecule has 0 saturated carbocycles. The molecule has 0 saturated heterocycles. The van der Waals surface area contributed by atoms with Crippen LogP contribution in [0.25, 0.3) is 5.57 Å². The molecule has 0 spiro atoms. The number of rotatable bonds is 7. The monoisotopic (exact) mass is 600 g/mol. The first-order valence-corrected chi connectivity index (χ1v) is 12.7. The number of alkyl halides is 6. The number of aromatic amines is 1. The molecular weight excluding hydrogens is 570 g/mol. The molecule has 228 valence electrons. The Kier molecular flexibility index (Phi) is 9.04. The summed E-state index contributed by atoms with van der Waals surface area (Å²) in [4.78, 5) is 33.3. The lowest BCUT2D eigenvalue weighted by Crippen LogP contribution is -2.46. The zero-order chi connectivity index (χ0) is 31.9. The maximum absolute atomic E-state index is 13.1. The number of carbonyl (C=O) groups is 2. The van der Waals surface area contributed by atoms with Crippen molar-refractivity contribution in [1.82, 2.24) is 4.98 Å². The number of allylic oxidation sites excluding steroid dienone is 1. The van der Waals surface area contributed by atoms with E-state index >= 15 is 0 Å². The number of aromatic nitrogens is 1. The van der Waals surface area contributed by atoms with E-state index in [1.807, 2.05) is 6.92 Å². The fourth-order valence-corrected chi connectivity index (χ4v) is 4.69. The van der Waals surface area contributed by atoms with Crippen LogP contribution in [0.2, 0.25) is 0 Å². The highest BCUT2D eigenvalue weighted by Crippen LogP contribution is 2.43. The van der Waals surface area contributed by atoms with Gasteiger partial charge in [0.25, 0.3) is 6.10 Å². The van der Waals surface area contributed by atoms with E-state index in [-0.39, 0.29) is 22.5 Å². The predicted octanol–water partition coefficient (Wildman–Crippen LogP) is 7.10. The van der Waals surface area contributed by atoms with Gasteiger partial charge in [-0.1, -0.05) is 12.1 Å². The first-order chi connectivity index (χ1) is 19.3. The molecule has 0 fully saturated rings. The largest absolute Gasteiger partial charge is 0.496 e. The second-order valence-corrected chi connectivity index (χ2v) is 10.1. The van der Waals surface area contributed by atoms with Crippen molar-refractivity contribution in [3.8, 4) is 5.75 Å². The summed E-state index contributed by atoms with van der Waals surface area (Å²) in [5, 5.41) is 0. The maximum Gasteiger partial charge on any atom is 0.434 e. The van der Waals surface area contributed by atoms with Crippen LogP contribution in [0.5, 0.6) is 5.75 Å². The number of benzene rings is 1. The van der Waals surface area contributed by atoms with Crippen molar-refractivity contribution in [3.63, 3.8) is 0 Å². The van der Waals surface area contributed by atoms with Crippen LogP contribution in [0.3, 0.4) is 0 Å². The minimum atomic E-state index is -5.88. The van der Waals surface area contributed by atoms with E-state index in [0.29, 0.717) is 33.8 Å². The van der Waals surface area contributed by atoms with Gasteiger partial charge < -0.3 is 19.2 Å². The minimum absolute atomic E-state index is 0.0313. The van der Waals surface area contributed by atoms with Gasteiger partial charge in [0, 0.05) is 16.8 Å². The molecule has 0 unspecified atom stereocenters.